The van der Waals surface area contributed by atoms with Crippen molar-refractivity contribution in [2.45, 2.75) is 30.7 Å². The van der Waals surface area contributed by atoms with Gasteiger partial charge in [0.25, 0.3) is 0 Å². The maximum absolute atomic E-state index is 12.3. The molecular formula is C15H17NO4S2. The fourth-order valence-electron chi connectivity index (χ4n) is 1.98. The van der Waals surface area contributed by atoms with Gasteiger partial charge in [-0.2, -0.15) is 0 Å². The van der Waals surface area contributed by atoms with E-state index in [4.69, 9.17) is 5.11 Å². The molecule has 0 aliphatic rings. The predicted octanol–water partition coefficient (Wildman–Crippen LogP) is 2.80. The van der Waals surface area contributed by atoms with Crippen molar-refractivity contribution in [1.82, 2.24) is 4.72 Å². The van der Waals surface area contributed by atoms with Crippen molar-refractivity contribution >= 4 is 27.3 Å². The molecule has 2 rings (SSSR count). The third kappa shape index (κ3) is 4.40. The Bertz CT molecular complexity index is 721. The number of hydrogen-bond acceptors (Lipinski definition) is 4. The minimum absolute atomic E-state index is 0.0275. The maximum atomic E-state index is 12.3. The fourth-order valence-corrected chi connectivity index (χ4v) is 4.01. The Hall–Kier alpha value is -1.70. The largest absolute Gasteiger partial charge is 0.481 e. The van der Waals surface area contributed by atoms with Gasteiger partial charge >= 0.3 is 5.97 Å². The van der Waals surface area contributed by atoms with Gasteiger partial charge in [0.1, 0.15) is 0 Å². The van der Waals surface area contributed by atoms with E-state index in [1.54, 1.807) is 19.1 Å². The second kappa shape index (κ2) is 7.04. The standard InChI is InChI=1S/C15H17NO4S2/c1-11(14-3-2-10-21-14)16-22(19,20)13-7-4-12(5-8-13)6-9-15(17)18/h2-5,7-8,10-11,16H,6,9H2,1H3,(H,17,18). The van der Waals surface area contributed by atoms with Crippen molar-refractivity contribution < 1.29 is 18.3 Å². The Labute approximate surface area is 133 Å². The molecule has 0 aliphatic heterocycles. The number of thiophene rings is 1. The van der Waals surface area contributed by atoms with Gasteiger partial charge in [0.05, 0.1) is 10.9 Å². The fraction of sp³-hybridized carbons (Fsp3) is 0.267. The molecule has 2 N–H and O–H groups in total. The van der Waals surface area contributed by atoms with E-state index in [2.05, 4.69) is 4.72 Å². The zero-order valence-corrected chi connectivity index (χ0v) is 13.7. The summed E-state index contributed by atoms with van der Waals surface area (Å²) in [6.45, 7) is 1.80. The molecule has 5 nitrogen and oxygen atoms in total. The number of aryl methyl sites for hydroxylation is 1. The van der Waals surface area contributed by atoms with Gasteiger partial charge < -0.3 is 5.11 Å². The van der Waals surface area contributed by atoms with Crippen molar-refractivity contribution in [1.29, 1.82) is 0 Å². The molecule has 2 aromatic rings. The molecule has 0 radical (unpaired) electrons. The van der Waals surface area contributed by atoms with E-state index in [1.165, 1.54) is 23.5 Å². The average molecular weight is 339 g/mol. The minimum Gasteiger partial charge on any atom is -0.481 e. The summed E-state index contributed by atoms with van der Waals surface area (Å²) in [7, 11) is -3.59. The van der Waals surface area contributed by atoms with Crippen LogP contribution < -0.4 is 4.72 Å². The second-order valence-corrected chi connectivity index (χ2v) is 7.59. The molecule has 1 unspecified atom stereocenters. The van der Waals surface area contributed by atoms with Crippen LogP contribution in [-0.2, 0) is 21.2 Å². The monoisotopic (exact) mass is 339 g/mol. The Kier molecular flexibility index (Phi) is 5.33. The van der Waals surface area contributed by atoms with Crippen LogP contribution in [0.3, 0.4) is 0 Å². The SMILES string of the molecule is CC(NS(=O)(=O)c1ccc(CCC(=O)O)cc1)c1cccs1. The lowest BCUT2D eigenvalue weighted by atomic mass is 10.1. The van der Waals surface area contributed by atoms with Crippen molar-refractivity contribution in [3.05, 3.63) is 52.2 Å². The van der Waals surface area contributed by atoms with Crippen LogP contribution in [0, 0.1) is 0 Å². The zero-order valence-electron chi connectivity index (χ0n) is 12.0. The third-order valence-corrected chi connectivity index (χ3v) is 5.77. The summed E-state index contributed by atoms with van der Waals surface area (Å²) in [4.78, 5) is 11.6. The summed E-state index contributed by atoms with van der Waals surface area (Å²) in [6, 6.07) is 9.76. The number of carbonyl (C=O) groups is 1. The lowest BCUT2D eigenvalue weighted by Crippen LogP contribution is -2.26. The second-order valence-electron chi connectivity index (χ2n) is 4.90. The number of nitrogens with one attached hydrogen (secondary N) is 1. The smallest absolute Gasteiger partial charge is 0.303 e. The summed E-state index contributed by atoms with van der Waals surface area (Å²) in [5.41, 5.74) is 0.799. The summed E-state index contributed by atoms with van der Waals surface area (Å²) >= 11 is 1.50. The average Bonchev–Trinajstić information content (AvgIpc) is 2.99. The van der Waals surface area contributed by atoms with Crippen LogP contribution >= 0.6 is 11.3 Å². The lowest BCUT2D eigenvalue weighted by Gasteiger charge is -2.13. The van der Waals surface area contributed by atoms with Crippen LogP contribution in [0.5, 0.6) is 0 Å². The number of rotatable bonds is 7. The zero-order chi connectivity index (χ0) is 16.2. The van der Waals surface area contributed by atoms with Crippen LogP contribution in [-0.4, -0.2) is 19.5 Å². The highest BCUT2D eigenvalue weighted by molar-refractivity contribution is 7.89. The van der Waals surface area contributed by atoms with Gasteiger partial charge in [-0.25, -0.2) is 13.1 Å². The summed E-state index contributed by atoms with van der Waals surface area (Å²) in [5, 5.41) is 10.5. The molecule has 7 heteroatoms. The predicted molar refractivity (Wildman–Crippen MR) is 85.5 cm³/mol. The van der Waals surface area contributed by atoms with Crippen LogP contribution in [0.25, 0.3) is 0 Å². The Morgan fingerprint density at radius 2 is 1.95 bits per heavy atom. The number of aliphatic carboxylic acids is 1. The molecule has 1 aromatic carbocycles. The van der Waals surface area contributed by atoms with Gasteiger partial charge in [-0.15, -0.1) is 11.3 Å². The van der Waals surface area contributed by atoms with Gasteiger partial charge in [-0.3, -0.25) is 4.79 Å². The molecule has 0 saturated heterocycles. The molecule has 1 heterocycles. The molecule has 22 heavy (non-hydrogen) atoms. The topological polar surface area (TPSA) is 83.5 Å². The van der Waals surface area contributed by atoms with Crippen molar-refractivity contribution in [3.63, 3.8) is 0 Å². The van der Waals surface area contributed by atoms with Gasteiger partial charge in [-0.05, 0) is 42.5 Å². The molecule has 0 saturated carbocycles. The van der Waals surface area contributed by atoms with E-state index in [0.29, 0.717) is 6.42 Å². The lowest BCUT2D eigenvalue weighted by molar-refractivity contribution is -0.136. The number of hydrogen-bond donors (Lipinski definition) is 2. The molecule has 0 amide bonds. The molecular weight excluding hydrogens is 322 g/mol. The van der Waals surface area contributed by atoms with E-state index in [-0.39, 0.29) is 17.4 Å². The molecule has 0 fully saturated rings. The first-order valence-corrected chi connectivity index (χ1v) is 9.11. The van der Waals surface area contributed by atoms with E-state index in [0.717, 1.165) is 10.4 Å². The first-order chi connectivity index (χ1) is 10.4. The Balaban J connectivity index is 2.07. The van der Waals surface area contributed by atoms with E-state index in [9.17, 15) is 13.2 Å². The molecule has 1 atom stereocenters. The molecule has 0 aliphatic carbocycles. The molecule has 1 aromatic heterocycles. The Morgan fingerprint density at radius 1 is 1.27 bits per heavy atom. The third-order valence-electron chi connectivity index (χ3n) is 3.16. The number of carboxylic acid groups (broad SMARTS) is 1. The van der Waals surface area contributed by atoms with Crippen LogP contribution in [0.15, 0.2) is 46.7 Å². The van der Waals surface area contributed by atoms with Crippen LogP contribution in [0.4, 0.5) is 0 Å². The first kappa shape index (κ1) is 16.7. The number of carboxylic acids is 1. The number of sulfonamides is 1. The summed E-state index contributed by atoms with van der Waals surface area (Å²) in [5.74, 6) is -0.872. The van der Waals surface area contributed by atoms with Gasteiger partial charge in [0, 0.05) is 11.3 Å². The van der Waals surface area contributed by atoms with Crippen LogP contribution in [0.1, 0.15) is 29.8 Å². The number of benzene rings is 1. The molecule has 0 bridgehead atoms. The molecule has 0 spiro atoms. The van der Waals surface area contributed by atoms with Gasteiger partial charge in [0.15, 0.2) is 0 Å². The molecule has 118 valence electrons. The minimum atomic E-state index is -3.59. The van der Waals surface area contributed by atoms with Gasteiger partial charge in [0.2, 0.25) is 10.0 Å². The van der Waals surface area contributed by atoms with E-state index in [1.807, 2.05) is 17.5 Å². The van der Waals surface area contributed by atoms with Gasteiger partial charge in [-0.1, -0.05) is 18.2 Å². The quantitative estimate of drug-likeness (QED) is 0.812. The summed E-state index contributed by atoms with van der Waals surface area (Å²) in [6.07, 6.45) is 0.411. The highest BCUT2D eigenvalue weighted by atomic mass is 32.2. The van der Waals surface area contributed by atoms with E-state index < -0.39 is 16.0 Å². The van der Waals surface area contributed by atoms with E-state index >= 15 is 0 Å². The van der Waals surface area contributed by atoms with Crippen LogP contribution in [0.2, 0.25) is 0 Å². The Morgan fingerprint density at radius 3 is 2.50 bits per heavy atom. The first-order valence-electron chi connectivity index (χ1n) is 6.75. The summed E-state index contributed by atoms with van der Waals surface area (Å²) < 4.78 is 27.3. The highest BCUT2D eigenvalue weighted by Crippen LogP contribution is 2.21. The maximum Gasteiger partial charge on any atom is 0.303 e. The van der Waals surface area contributed by atoms with Crippen molar-refractivity contribution in [2.24, 2.45) is 0 Å². The van der Waals surface area contributed by atoms with Crippen molar-refractivity contribution in [3.8, 4) is 0 Å². The van der Waals surface area contributed by atoms with Crippen molar-refractivity contribution in [2.75, 3.05) is 0 Å². The normalized spacial score (nSPS) is 13.0. The highest BCUT2D eigenvalue weighted by Gasteiger charge is 2.18.